The highest BCUT2D eigenvalue weighted by Crippen LogP contribution is 2.05. The molecule has 3 N–H and O–H groups in total. The summed E-state index contributed by atoms with van der Waals surface area (Å²) >= 11 is 0. The summed E-state index contributed by atoms with van der Waals surface area (Å²) in [6.07, 6.45) is 8.58. The minimum atomic E-state index is 0.305. The van der Waals surface area contributed by atoms with Crippen LogP contribution >= 0.6 is 0 Å². The second-order valence-electron chi connectivity index (χ2n) is 3.84. The van der Waals surface area contributed by atoms with E-state index < -0.39 is 0 Å². The number of amidine groups is 1. The van der Waals surface area contributed by atoms with Crippen molar-refractivity contribution in [1.29, 1.82) is 0 Å². The molecule has 0 unspecified atom stereocenters. The molecular formula is C11H20N4O. The van der Waals surface area contributed by atoms with Gasteiger partial charge in [-0.3, -0.25) is 0 Å². The molecule has 1 aromatic rings. The normalized spacial score (nSPS) is 11.9. The molecule has 0 saturated carbocycles. The number of imidazole rings is 1. The zero-order chi connectivity index (χ0) is 11.8. The van der Waals surface area contributed by atoms with Crippen LogP contribution in [0.2, 0.25) is 0 Å². The monoisotopic (exact) mass is 224 g/mol. The Morgan fingerprint density at radius 3 is 3.06 bits per heavy atom. The number of hydrogen-bond donors (Lipinski definition) is 2. The maximum absolute atomic E-state index is 8.38. The predicted octanol–water partition coefficient (Wildman–Crippen LogP) is 1.75. The van der Waals surface area contributed by atoms with Crippen LogP contribution in [0.3, 0.4) is 0 Å². The van der Waals surface area contributed by atoms with Crippen LogP contribution in [0, 0.1) is 0 Å². The number of oxime groups is 1. The molecule has 90 valence electrons. The van der Waals surface area contributed by atoms with Crippen molar-refractivity contribution in [1.82, 2.24) is 9.55 Å². The van der Waals surface area contributed by atoms with Crippen molar-refractivity contribution in [3.05, 3.63) is 18.2 Å². The van der Waals surface area contributed by atoms with E-state index >= 15 is 0 Å². The molecule has 0 radical (unpaired) electrons. The van der Waals surface area contributed by atoms with E-state index in [1.165, 1.54) is 0 Å². The molecule has 0 spiro atoms. The van der Waals surface area contributed by atoms with Gasteiger partial charge in [-0.25, -0.2) is 4.98 Å². The van der Waals surface area contributed by atoms with Gasteiger partial charge in [-0.2, -0.15) is 0 Å². The van der Waals surface area contributed by atoms with Gasteiger partial charge in [0.25, 0.3) is 0 Å². The van der Waals surface area contributed by atoms with Crippen molar-refractivity contribution in [2.45, 2.75) is 45.6 Å². The molecule has 1 heterocycles. The standard InChI is InChI=1S/C11H20N4O/c1-2-5-11-13-7-9-15(11)8-4-3-6-10(12)14-16/h7,9,16H,2-6,8H2,1H3,(H2,12,14). The lowest BCUT2D eigenvalue weighted by molar-refractivity contribution is 0.316. The first-order valence-corrected chi connectivity index (χ1v) is 5.74. The zero-order valence-electron chi connectivity index (χ0n) is 9.76. The second kappa shape index (κ2) is 6.87. The van der Waals surface area contributed by atoms with E-state index in [1.807, 2.05) is 12.4 Å². The number of rotatable bonds is 7. The fraction of sp³-hybridized carbons (Fsp3) is 0.636. The Balaban J connectivity index is 2.28. The topological polar surface area (TPSA) is 76.4 Å². The molecule has 0 fully saturated rings. The van der Waals surface area contributed by atoms with Crippen molar-refractivity contribution in [3.8, 4) is 0 Å². The summed E-state index contributed by atoms with van der Waals surface area (Å²) in [5.41, 5.74) is 5.39. The molecule has 0 bridgehead atoms. The van der Waals surface area contributed by atoms with Crippen LogP contribution < -0.4 is 5.73 Å². The summed E-state index contributed by atoms with van der Waals surface area (Å²) in [5.74, 6) is 1.45. The Labute approximate surface area is 96.0 Å². The molecule has 1 rings (SSSR count). The van der Waals surface area contributed by atoms with E-state index in [0.29, 0.717) is 12.3 Å². The number of hydrogen-bond acceptors (Lipinski definition) is 3. The van der Waals surface area contributed by atoms with E-state index in [-0.39, 0.29) is 0 Å². The third-order valence-corrected chi connectivity index (χ3v) is 2.49. The van der Waals surface area contributed by atoms with Crippen LogP contribution in [0.5, 0.6) is 0 Å². The third kappa shape index (κ3) is 3.92. The third-order valence-electron chi connectivity index (χ3n) is 2.49. The lowest BCUT2D eigenvalue weighted by Crippen LogP contribution is -2.11. The van der Waals surface area contributed by atoms with Crippen molar-refractivity contribution >= 4 is 5.84 Å². The molecule has 5 heteroatoms. The first-order valence-electron chi connectivity index (χ1n) is 5.74. The van der Waals surface area contributed by atoms with Gasteiger partial charge in [0.05, 0.1) is 0 Å². The van der Waals surface area contributed by atoms with Crippen molar-refractivity contribution in [3.63, 3.8) is 0 Å². The Kier molecular flexibility index (Phi) is 5.39. The van der Waals surface area contributed by atoms with Crippen LogP contribution in [0.1, 0.15) is 38.4 Å². The predicted molar refractivity (Wildman–Crippen MR) is 63.5 cm³/mol. The average molecular weight is 224 g/mol. The minimum Gasteiger partial charge on any atom is -0.409 e. The number of nitrogens with zero attached hydrogens (tertiary/aromatic N) is 3. The molecule has 0 amide bonds. The first-order chi connectivity index (χ1) is 7.77. The maximum Gasteiger partial charge on any atom is 0.139 e. The molecule has 0 aliphatic heterocycles. The number of aromatic nitrogens is 2. The molecule has 16 heavy (non-hydrogen) atoms. The summed E-state index contributed by atoms with van der Waals surface area (Å²) in [5, 5.41) is 11.3. The molecule has 0 aliphatic rings. The van der Waals surface area contributed by atoms with E-state index in [0.717, 1.165) is 38.1 Å². The van der Waals surface area contributed by atoms with Gasteiger partial charge in [0.15, 0.2) is 0 Å². The summed E-state index contributed by atoms with van der Waals surface area (Å²) < 4.78 is 2.18. The van der Waals surface area contributed by atoms with Crippen LogP contribution in [0.25, 0.3) is 0 Å². The van der Waals surface area contributed by atoms with Gasteiger partial charge in [0.2, 0.25) is 0 Å². The Morgan fingerprint density at radius 1 is 1.56 bits per heavy atom. The van der Waals surface area contributed by atoms with Crippen molar-refractivity contribution in [2.75, 3.05) is 0 Å². The van der Waals surface area contributed by atoms with Gasteiger partial charge in [0.1, 0.15) is 11.7 Å². The summed E-state index contributed by atoms with van der Waals surface area (Å²) in [6, 6.07) is 0. The number of aryl methyl sites for hydroxylation is 2. The lowest BCUT2D eigenvalue weighted by Gasteiger charge is -2.06. The number of unbranched alkanes of at least 4 members (excludes halogenated alkanes) is 1. The second-order valence-corrected chi connectivity index (χ2v) is 3.84. The molecule has 0 atom stereocenters. The van der Waals surface area contributed by atoms with Gasteiger partial charge in [-0.05, 0) is 19.3 Å². The van der Waals surface area contributed by atoms with E-state index in [2.05, 4.69) is 21.6 Å². The molecule has 1 aromatic heterocycles. The van der Waals surface area contributed by atoms with E-state index in [1.54, 1.807) is 0 Å². The summed E-state index contributed by atoms with van der Waals surface area (Å²) in [4.78, 5) is 4.31. The van der Waals surface area contributed by atoms with Gasteiger partial charge >= 0.3 is 0 Å². The Morgan fingerprint density at radius 2 is 2.38 bits per heavy atom. The van der Waals surface area contributed by atoms with Crippen LogP contribution in [0.15, 0.2) is 17.5 Å². The lowest BCUT2D eigenvalue weighted by atomic mass is 10.2. The Hall–Kier alpha value is -1.52. The smallest absolute Gasteiger partial charge is 0.139 e. The molecule has 0 aliphatic carbocycles. The van der Waals surface area contributed by atoms with Gasteiger partial charge in [-0.1, -0.05) is 12.1 Å². The maximum atomic E-state index is 8.38. The molecule has 5 nitrogen and oxygen atoms in total. The number of nitrogens with two attached hydrogens (primary N) is 1. The molecule has 0 saturated heterocycles. The van der Waals surface area contributed by atoms with Gasteiger partial charge < -0.3 is 15.5 Å². The fourth-order valence-corrected chi connectivity index (χ4v) is 1.63. The largest absolute Gasteiger partial charge is 0.409 e. The highest BCUT2D eigenvalue weighted by atomic mass is 16.4. The van der Waals surface area contributed by atoms with E-state index in [4.69, 9.17) is 10.9 Å². The zero-order valence-corrected chi connectivity index (χ0v) is 9.76. The average Bonchev–Trinajstić information content (AvgIpc) is 2.72. The van der Waals surface area contributed by atoms with Crippen molar-refractivity contribution in [2.24, 2.45) is 10.9 Å². The van der Waals surface area contributed by atoms with Crippen LogP contribution in [-0.2, 0) is 13.0 Å². The molecule has 0 aromatic carbocycles. The highest BCUT2D eigenvalue weighted by Gasteiger charge is 2.01. The van der Waals surface area contributed by atoms with Gasteiger partial charge in [-0.15, -0.1) is 0 Å². The van der Waals surface area contributed by atoms with Crippen molar-refractivity contribution < 1.29 is 5.21 Å². The minimum absolute atomic E-state index is 0.305. The van der Waals surface area contributed by atoms with Gasteiger partial charge in [0, 0.05) is 31.8 Å². The van der Waals surface area contributed by atoms with Crippen LogP contribution in [0.4, 0.5) is 0 Å². The SMILES string of the molecule is CCCc1nccn1CCCCC(N)=NO. The van der Waals surface area contributed by atoms with Crippen LogP contribution in [-0.4, -0.2) is 20.6 Å². The Bertz CT molecular complexity index is 332. The fourth-order valence-electron chi connectivity index (χ4n) is 1.63. The summed E-state index contributed by atoms with van der Waals surface area (Å²) in [7, 11) is 0. The summed E-state index contributed by atoms with van der Waals surface area (Å²) in [6.45, 7) is 3.10. The quantitative estimate of drug-likeness (QED) is 0.243. The first kappa shape index (κ1) is 12.5. The van der Waals surface area contributed by atoms with E-state index in [9.17, 15) is 0 Å². The molecular weight excluding hydrogens is 204 g/mol. The highest BCUT2D eigenvalue weighted by molar-refractivity contribution is 5.79.